The Bertz CT molecular complexity index is 333. The van der Waals surface area contributed by atoms with Crippen LogP contribution in [0.25, 0.3) is 0 Å². The lowest BCUT2D eigenvalue weighted by Gasteiger charge is -1.99. The Hall–Kier alpha value is -1.85. The zero-order valence-electron chi connectivity index (χ0n) is 6.25. The molecule has 1 radical (unpaired) electrons. The summed E-state index contributed by atoms with van der Waals surface area (Å²) in [5.41, 5.74) is -0.448. The van der Waals surface area contributed by atoms with Gasteiger partial charge in [0.15, 0.2) is 0 Å². The third kappa shape index (κ3) is 1.82. The van der Waals surface area contributed by atoms with Crippen molar-refractivity contribution in [2.24, 2.45) is 0 Å². The van der Waals surface area contributed by atoms with Crippen molar-refractivity contribution < 1.29 is 9.53 Å². The van der Waals surface area contributed by atoms with Gasteiger partial charge in [0.25, 0.3) is 5.56 Å². The van der Waals surface area contributed by atoms with Gasteiger partial charge >= 0.3 is 6.09 Å². The van der Waals surface area contributed by atoms with E-state index in [0.29, 0.717) is 0 Å². The fourth-order valence-corrected chi connectivity index (χ4v) is 0.559. The molecule has 0 aliphatic heterocycles. The molecule has 0 aromatic carbocycles. The number of methoxy groups -OCH3 is 1. The normalized spacial score (nSPS) is 9.08. The minimum absolute atomic E-state index is 0.0526. The van der Waals surface area contributed by atoms with E-state index >= 15 is 0 Å². The number of amides is 1. The molecule has 0 fully saturated rings. The van der Waals surface area contributed by atoms with E-state index in [0.717, 1.165) is 0 Å². The number of H-pyrrole nitrogens is 1. The molecule has 0 aliphatic carbocycles. The maximum atomic E-state index is 10.9. The number of ether oxygens (including phenoxy) is 1. The molecule has 6 heteroatoms. The minimum atomic E-state index is -0.708. The number of nitrogens with zero attached hydrogens (tertiary/aromatic N) is 1. The number of hydrogen-bond acceptors (Lipinski definition) is 4. The summed E-state index contributed by atoms with van der Waals surface area (Å²) in [6.07, 6.45) is 1.65. The van der Waals surface area contributed by atoms with Gasteiger partial charge in [0.1, 0.15) is 11.9 Å². The molecule has 0 spiro atoms. The van der Waals surface area contributed by atoms with E-state index in [2.05, 4.69) is 26.4 Å². The summed E-state index contributed by atoms with van der Waals surface area (Å²) in [5, 5.41) is 7.61. The lowest BCUT2D eigenvalue weighted by molar-refractivity contribution is 0.187. The molecule has 1 aromatic rings. The first kappa shape index (κ1) is 8.25. The monoisotopic (exact) mass is 168 g/mol. The summed E-state index contributed by atoms with van der Waals surface area (Å²) in [7, 11) is 1.20. The molecule has 63 valence electrons. The highest BCUT2D eigenvalue weighted by atomic mass is 16.5. The van der Waals surface area contributed by atoms with Crippen molar-refractivity contribution in [3.05, 3.63) is 22.6 Å². The van der Waals surface area contributed by atoms with Crippen LogP contribution >= 0.6 is 0 Å². The van der Waals surface area contributed by atoms with E-state index < -0.39 is 11.7 Å². The number of nitrogens with one attached hydrogen (secondary N) is 2. The average Bonchev–Trinajstić information content (AvgIpc) is 2.09. The highest BCUT2D eigenvalue weighted by molar-refractivity contribution is 5.83. The van der Waals surface area contributed by atoms with Crippen LogP contribution in [0.3, 0.4) is 0 Å². The molecule has 12 heavy (non-hydrogen) atoms. The molecular formula is C6H6N3O3. The molecule has 1 aromatic heterocycles. The van der Waals surface area contributed by atoms with Gasteiger partial charge in [0.05, 0.1) is 7.11 Å². The van der Waals surface area contributed by atoms with Crippen molar-refractivity contribution in [3.63, 3.8) is 0 Å². The van der Waals surface area contributed by atoms with Gasteiger partial charge in [-0.15, -0.1) is 0 Å². The Balaban J connectivity index is 2.83. The first-order valence-electron chi connectivity index (χ1n) is 3.05. The predicted octanol–water partition coefficient (Wildman–Crippen LogP) is -0.252. The second kappa shape index (κ2) is 3.51. The quantitative estimate of drug-likeness (QED) is 0.605. The third-order valence-electron chi connectivity index (χ3n) is 1.10. The van der Waals surface area contributed by atoms with Gasteiger partial charge in [-0.2, -0.15) is 5.10 Å². The van der Waals surface area contributed by atoms with Crippen molar-refractivity contribution in [1.82, 2.24) is 10.2 Å². The van der Waals surface area contributed by atoms with Crippen LogP contribution in [0.4, 0.5) is 10.5 Å². The van der Waals surface area contributed by atoms with Gasteiger partial charge in [-0.1, -0.05) is 0 Å². The molecule has 0 bridgehead atoms. The average molecular weight is 168 g/mol. The maximum absolute atomic E-state index is 10.9. The van der Waals surface area contributed by atoms with Crippen molar-refractivity contribution in [3.8, 4) is 0 Å². The zero-order valence-corrected chi connectivity index (χ0v) is 6.25. The van der Waals surface area contributed by atoms with Crippen molar-refractivity contribution >= 4 is 11.8 Å². The van der Waals surface area contributed by atoms with E-state index in [4.69, 9.17) is 0 Å². The molecule has 0 atom stereocenters. The van der Waals surface area contributed by atoms with Crippen LogP contribution < -0.4 is 10.9 Å². The van der Waals surface area contributed by atoms with Crippen molar-refractivity contribution in [2.75, 3.05) is 12.4 Å². The summed E-state index contributed by atoms with van der Waals surface area (Å²) in [6, 6.07) is 1.25. The molecule has 0 unspecified atom stereocenters. The van der Waals surface area contributed by atoms with Crippen molar-refractivity contribution in [1.29, 1.82) is 0 Å². The first-order valence-corrected chi connectivity index (χ1v) is 3.05. The largest absolute Gasteiger partial charge is 0.453 e. The maximum Gasteiger partial charge on any atom is 0.411 e. The Labute approximate surface area is 67.6 Å². The second-order valence-corrected chi connectivity index (χ2v) is 1.86. The first-order chi connectivity index (χ1) is 5.74. The minimum Gasteiger partial charge on any atom is -0.453 e. The Morgan fingerprint density at radius 3 is 3.17 bits per heavy atom. The Morgan fingerprint density at radius 2 is 2.58 bits per heavy atom. The van der Waals surface area contributed by atoms with Gasteiger partial charge in [-0.25, -0.2) is 9.89 Å². The zero-order chi connectivity index (χ0) is 8.97. The van der Waals surface area contributed by atoms with Crippen LogP contribution in [0.15, 0.2) is 10.9 Å². The fraction of sp³-hybridized carbons (Fsp3) is 0.167. The van der Waals surface area contributed by atoms with Gasteiger partial charge in [0.2, 0.25) is 0 Å². The van der Waals surface area contributed by atoms with Gasteiger partial charge < -0.3 is 4.74 Å². The van der Waals surface area contributed by atoms with Crippen LogP contribution in [0, 0.1) is 6.20 Å². The summed E-state index contributed by atoms with van der Waals surface area (Å²) in [6.45, 7) is 0. The van der Waals surface area contributed by atoms with Gasteiger partial charge in [-0.05, 0) is 6.07 Å². The van der Waals surface area contributed by atoms with Gasteiger partial charge in [0, 0.05) is 0 Å². The van der Waals surface area contributed by atoms with E-state index in [9.17, 15) is 9.59 Å². The highest BCUT2D eigenvalue weighted by Crippen LogP contribution is 1.94. The second-order valence-electron chi connectivity index (χ2n) is 1.86. The molecule has 1 rings (SSSR count). The van der Waals surface area contributed by atoms with Crippen LogP contribution in [0.1, 0.15) is 0 Å². The number of aromatic amines is 1. The van der Waals surface area contributed by atoms with E-state index in [1.54, 1.807) is 0 Å². The molecular weight excluding hydrogens is 162 g/mol. The summed E-state index contributed by atoms with van der Waals surface area (Å²) < 4.78 is 4.27. The third-order valence-corrected chi connectivity index (χ3v) is 1.10. The number of anilines is 1. The van der Waals surface area contributed by atoms with Crippen LogP contribution in [-0.4, -0.2) is 23.4 Å². The molecule has 2 N–H and O–H groups in total. The summed E-state index contributed by atoms with van der Waals surface area (Å²) in [4.78, 5) is 21.5. The van der Waals surface area contributed by atoms with Crippen molar-refractivity contribution in [2.45, 2.75) is 0 Å². The predicted molar refractivity (Wildman–Crippen MR) is 39.7 cm³/mol. The number of aromatic nitrogens is 2. The van der Waals surface area contributed by atoms with Gasteiger partial charge in [-0.3, -0.25) is 10.1 Å². The Kier molecular flexibility index (Phi) is 2.42. The molecule has 1 amide bonds. The van der Waals surface area contributed by atoms with Crippen LogP contribution in [-0.2, 0) is 4.74 Å². The topological polar surface area (TPSA) is 84.1 Å². The summed E-state index contributed by atoms with van der Waals surface area (Å²) >= 11 is 0. The molecule has 0 aliphatic rings. The molecule has 1 heterocycles. The van der Waals surface area contributed by atoms with Crippen LogP contribution in [0.2, 0.25) is 0 Å². The van der Waals surface area contributed by atoms with Crippen LogP contribution in [0.5, 0.6) is 0 Å². The standard InChI is InChI=1S/C6H6N3O3/c1-12-6(11)8-4-2-3-7-9-5(4)10/h2H,1H3,(H,9,10)(H,7,8,11). The molecule has 6 nitrogen and oxygen atoms in total. The molecule has 0 saturated heterocycles. The number of hydrogen-bond donors (Lipinski definition) is 2. The number of carbonyl (C=O) groups excluding carboxylic acids is 1. The highest BCUT2D eigenvalue weighted by Gasteiger charge is 2.03. The van der Waals surface area contributed by atoms with E-state index in [1.165, 1.54) is 13.2 Å². The number of carbonyl (C=O) groups is 1. The van der Waals surface area contributed by atoms with E-state index in [1.807, 2.05) is 0 Å². The lowest BCUT2D eigenvalue weighted by atomic mass is 10.5. The smallest absolute Gasteiger partial charge is 0.411 e. The lowest BCUT2D eigenvalue weighted by Crippen LogP contribution is -2.19. The summed E-state index contributed by atoms with van der Waals surface area (Å²) in [5.74, 6) is 0. The number of rotatable bonds is 1. The SMILES string of the molecule is COC(=O)Nc1c[c]n[nH]c1=O. The molecule has 0 saturated carbocycles. The fourth-order valence-electron chi connectivity index (χ4n) is 0.559. The van der Waals surface area contributed by atoms with E-state index in [-0.39, 0.29) is 5.69 Å². The Morgan fingerprint density at radius 1 is 1.83 bits per heavy atom.